The van der Waals surface area contributed by atoms with Crippen molar-refractivity contribution in [2.75, 3.05) is 11.9 Å². The van der Waals surface area contributed by atoms with E-state index < -0.39 is 4.92 Å². The van der Waals surface area contributed by atoms with Gasteiger partial charge in [-0.3, -0.25) is 14.9 Å². The summed E-state index contributed by atoms with van der Waals surface area (Å²) in [7, 11) is 0. The fourth-order valence-electron chi connectivity index (χ4n) is 3.64. The van der Waals surface area contributed by atoms with Crippen LogP contribution in [0.5, 0.6) is 0 Å². The Hall–Kier alpha value is -1.95. The number of benzene rings is 1. The molecule has 3 atom stereocenters. The molecule has 1 aliphatic heterocycles. The molecule has 1 saturated heterocycles. The summed E-state index contributed by atoms with van der Waals surface area (Å²) in [5, 5.41) is 17.1. The number of hydrogen-bond donors (Lipinski definition) is 2. The van der Waals surface area contributed by atoms with Gasteiger partial charge in [-0.1, -0.05) is 12.5 Å². The highest BCUT2D eigenvalue weighted by Gasteiger charge is 2.42. The van der Waals surface area contributed by atoms with Gasteiger partial charge in [0.25, 0.3) is 5.69 Å². The van der Waals surface area contributed by atoms with Crippen molar-refractivity contribution in [1.82, 2.24) is 5.32 Å². The van der Waals surface area contributed by atoms with E-state index in [1.165, 1.54) is 18.9 Å². The van der Waals surface area contributed by atoms with Crippen LogP contribution >= 0.6 is 0 Å². The van der Waals surface area contributed by atoms with E-state index in [-0.39, 0.29) is 17.6 Å². The van der Waals surface area contributed by atoms with Crippen LogP contribution in [0.3, 0.4) is 0 Å². The van der Waals surface area contributed by atoms with Crippen LogP contribution in [0, 0.1) is 28.9 Å². The first-order valence-electron chi connectivity index (χ1n) is 7.36. The number of fused-ring (bicyclic) bond motifs is 1. The normalized spacial score (nSPS) is 27.4. The lowest BCUT2D eigenvalue weighted by Gasteiger charge is -2.18. The van der Waals surface area contributed by atoms with Gasteiger partial charge in [0.1, 0.15) is 0 Å². The maximum atomic E-state index is 12.4. The fourth-order valence-corrected chi connectivity index (χ4v) is 3.64. The average Bonchev–Trinajstić information content (AvgIpc) is 3.03. The van der Waals surface area contributed by atoms with Crippen molar-refractivity contribution in [2.24, 2.45) is 11.8 Å². The first kappa shape index (κ1) is 14.0. The molecule has 1 heterocycles. The minimum absolute atomic E-state index is 0.0333. The molecule has 3 rings (SSSR count). The number of carbonyl (C=O) groups excluding carboxylic acids is 1. The van der Waals surface area contributed by atoms with Crippen LogP contribution in [0.25, 0.3) is 0 Å². The molecule has 112 valence electrons. The van der Waals surface area contributed by atoms with Gasteiger partial charge in [0.05, 0.1) is 22.2 Å². The summed E-state index contributed by atoms with van der Waals surface area (Å²) in [5.74, 6) is 0.934. The third kappa shape index (κ3) is 2.51. The predicted molar refractivity (Wildman–Crippen MR) is 79.1 cm³/mol. The average molecular weight is 289 g/mol. The number of anilines is 1. The van der Waals surface area contributed by atoms with Gasteiger partial charge in [0.15, 0.2) is 0 Å². The Balaban J connectivity index is 1.76. The van der Waals surface area contributed by atoms with Gasteiger partial charge in [0.2, 0.25) is 5.91 Å². The Bertz CT molecular complexity index is 588. The summed E-state index contributed by atoms with van der Waals surface area (Å²) in [6.07, 6.45) is 3.47. The molecule has 2 fully saturated rings. The van der Waals surface area contributed by atoms with Crippen LogP contribution in [0.4, 0.5) is 11.4 Å². The second-order valence-corrected chi connectivity index (χ2v) is 5.94. The van der Waals surface area contributed by atoms with Crippen molar-refractivity contribution in [2.45, 2.75) is 32.2 Å². The standard InChI is InChI=1S/C15H19N3O3/c1-9-12(6-3-7-13(9)18(20)21)17-15(19)14-11-5-2-4-10(11)8-16-14/h3,6-7,10-11,14,16H,2,4-5,8H2,1H3,(H,17,19). The third-order valence-electron chi connectivity index (χ3n) is 4.79. The van der Waals surface area contributed by atoms with Gasteiger partial charge >= 0.3 is 0 Å². The molecule has 1 saturated carbocycles. The molecule has 0 spiro atoms. The smallest absolute Gasteiger partial charge is 0.274 e. The molecule has 2 N–H and O–H groups in total. The van der Waals surface area contributed by atoms with Crippen molar-refractivity contribution in [3.63, 3.8) is 0 Å². The second-order valence-electron chi connectivity index (χ2n) is 5.94. The Morgan fingerprint density at radius 2 is 2.24 bits per heavy atom. The van der Waals surface area contributed by atoms with Crippen LogP contribution in [-0.4, -0.2) is 23.4 Å². The number of amides is 1. The maximum absolute atomic E-state index is 12.4. The molecule has 1 amide bonds. The predicted octanol–water partition coefficient (Wildman–Crippen LogP) is 2.23. The van der Waals surface area contributed by atoms with Gasteiger partial charge in [0, 0.05) is 6.07 Å². The van der Waals surface area contributed by atoms with E-state index in [1.807, 2.05) is 0 Å². The number of nitro benzene ring substituents is 1. The molecule has 0 radical (unpaired) electrons. The highest BCUT2D eigenvalue weighted by atomic mass is 16.6. The zero-order valence-corrected chi connectivity index (χ0v) is 12.0. The molecular formula is C15H19N3O3. The number of rotatable bonds is 3. The maximum Gasteiger partial charge on any atom is 0.274 e. The fraction of sp³-hybridized carbons (Fsp3) is 0.533. The van der Waals surface area contributed by atoms with Gasteiger partial charge in [-0.2, -0.15) is 0 Å². The molecule has 6 nitrogen and oxygen atoms in total. The number of nitro groups is 1. The van der Waals surface area contributed by atoms with E-state index in [9.17, 15) is 14.9 Å². The van der Waals surface area contributed by atoms with Crippen LogP contribution in [0.1, 0.15) is 24.8 Å². The quantitative estimate of drug-likeness (QED) is 0.660. The molecular weight excluding hydrogens is 270 g/mol. The summed E-state index contributed by atoms with van der Waals surface area (Å²) in [6.45, 7) is 2.56. The topological polar surface area (TPSA) is 84.3 Å². The summed E-state index contributed by atoms with van der Waals surface area (Å²) in [5.41, 5.74) is 1.06. The van der Waals surface area contributed by atoms with E-state index in [1.54, 1.807) is 19.1 Å². The molecule has 0 aromatic heterocycles. The van der Waals surface area contributed by atoms with Crippen LogP contribution in [0.15, 0.2) is 18.2 Å². The molecule has 2 aliphatic rings. The van der Waals surface area contributed by atoms with E-state index in [0.29, 0.717) is 23.1 Å². The Labute approximate surface area is 123 Å². The summed E-state index contributed by atoms with van der Waals surface area (Å²) in [4.78, 5) is 23.0. The number of hydrogen-bond acceptors (Lipinski definition) is 4. The highest BCUT2D eigenvalue weighted by Crippen LogP contribution is 2.38. The van der Waals surface area contributed by atoms with Crippen molar-refractivity contribution >= 4 is 17.3 Å². The minimum Gasteiger partial charge on any atom is -0.324 e. The van der Waals surface area contributed by atoms with Gasteiger partial charge < -0.3 is 10.6 Å². The molecule has 0 bridgehead atoms. The van der Waals surface area contributed by atoms with E-state index in [2.05, 4.69) is 10.6 Å². The van der Waals surface area contributed by atoms with Gasteiger partial charge in [-0.25, -0.2) is 0 Å². The summed E-state index contributed by atoms with van der Waals surface area (Å²) < 4.78 is 0. The molecule has 3 unspecified atom stereocenters. The number of carbonyl (C=O) groups is 1. The SMILES string of the molecule is Cc1c(NC(=O)C2NCC3CCCC32)cccc1[N+](=O)[O-]. The second kappa shape index (κ2) is 5.44. The molecule has 1 aromatic carbocycles. The first-order chi connectivity index (χ1) is 10.1. The monoisotopic (exact) mass is 289 g/mol. The molecule has 1 aromatic rings. The molecule has 21 heavy (non-hydrogen) atoms. The molecule has 6 heteroatoms. The van der Waals surface area contributed by atoms with Crippen LogP contribution in [-0.2, 0) is 4.79 Å². The van der Waals surface area contributed by atoms with Gasteiger partial charge in [-0.15, -0.1) is 0 Å². The van der Waals surface area contributed by atoms with E-state index in [0.717, 1.165) is 13.0 Å². The van der Waals surface area contributed by atoms with Crippen molar-refractivity contribution in [3.05, 3.63) is 33.9 Å². The Kier molecular flexibility index (Phi) is 3.63. The lowest BCUT2D eigenvalue weighted by atomic mass is 9.93. The Morgan fingerprint density at radius 1 is 1.43 bits per heavy atom. The third-order valence-corrected chi connectivity index (χ3v) is 4.79. The number of nitrogens with zero attached hydrogens (tertiary/aromatic N) is 1. The first-order valence-corrected chi connectivity index (χ1v) is 7.36. The zero-order chi connectivity index (χ0) is 15.0. The zero-order valence-electron chi connectivity index (χ0n) is 12.0. The van der Waals surface area contributed by atoms with Crippen LogP contribution < -0.4 is 10.6 Å². The van der Waals surface area contributed by atoms with Crippen molar-refractivity contribution < 1.29 is 9.72 Å². The summed E-state index contributed by atoms with van der Waals surface area (Å²) >= 11 is 0. The molecule has 1 aliphatic carbocycles. The lowest BCUT2D eigenvalue weighted by molar-refractivity contribution is -0.385. The number of nitrogens with one attached hydrogen (secondary N) is 2. The van der Waals surface area contributed by atoms with E-state index in [4.69, 9.17) is 0 Å². The van der Waals surface area contributed by atoms with Crippen molar-refractivity contribution in [1.29, 1.82) is 0 Å². The minimum atomic E-state index is -0.425. The Morgan fingerprint density at radius 3 is 3.00 bits per heavy atom. The van der Waals surface area contributed by atoms with E-state index >= 15 is 0 Å². The van der Waals surface area contributed by atoms with Crippen molar-refractivity contribution in [3.8, 4) is 0 Å². The highest BCUT2D eigenvalue weighted by molar-refractivity contribution is 5.96. The lowest BCUT2D eigenvalue weighted by Crippen LogP contribution is -2.39. The van der Waals surface area contributed by atoms with Crippen LogP contribution in [0.2, 0.25) is 0 Å². The largest absolute Gasteiger partial charge is 0.324 e. The van der Waals surface area contributed by atoms with Gasteiger partial charge in [-0.05, 0) is 44.2 Å². The summed E-state index contributed by atoms with van der Waals surface area (Å²) in [6, 6.07) is 4.59.